The van der Waals surface area contributed by atoms with Crippen molar-refractivity contribution in [2.24, 2.45) is 34.0 Å². The maximum atomic E-state index is 13.2. The van der Waals surface area contributed by atoms with E-state index in [1.165, 1.54) is 7.11 Å². The Morgan fingerprint density at radius 3 is 1.86 bits per heavy atom. The summed E-state index contributed by atoms with van der Waals surface area (Å²) in [6.07, 6.45) is 4.79. The highest BCUT2D eigenvalue weighted by atomic mass is 79.9. The van der Waals surface area contributed by atoms with Crippen LogP contribution in [0.15, 0.2) is 45.3 Å². The average molecular weight is 729 g/mol. The highest BCUT2D eigenvalue weighted by molar-refractivity contribution is 9.10. The maximum absolute atomic E-state index is 13.2. The predicted octanol–water partition coefficient (Wildman–Crippen LogP) is 7.94. The lowest BCUT2D eigenvalue weighted by Gasteiger charge is -2.44. The van der Waals surface area contributed by atoms with E-state index in [0.717, 1.165) is 44.9 Å². The van der Waals surface area contributed by atoms with E-state index in [9.17, 15) is 24.0 Å². The van der Waals surface area contributed by atoms with Crippen molar-refractivity contribution in [2.75, 3.05) is 7.11 Å². The second-order valence-corrected chi connectivity index (χ2v) is 15.4. The fourth-order valence-corrected chi connectivity index (χ4v) is 9.44. The molecular formula is C36H40Br2O6. The van der Waals surface area contributed by atoms with Crippen LogP contribution in [0.2, 0.25) is 0 Å². The van der Waals surface area contributed by atoms with Crippen LogP contribution in [0.1, 0.15) is 98.1 Å². The second kappa shape index (κ2) is 12.1. The zero-order valence-corrected chi connectivity index (χ0v) is 29.2. The number of ether oxygens (including phenoxy) is 1. The summed E-state index contributed by atoms with van der Waals surface area (Å²) in [5, 5.41) is 0. The third-order valence-electron chi connectivity index (χ3n) is 10.8. The number of hydrogen-bond acceptors (Lipinski definition) is 6. The van der Waals surface area contributed by atoms with Crippen LogP contribution >= 0.6 is 31.9 Å². The van der Waals surface area contributed by atoms with Crippen molar-refractivity contribution in [3.63, 3.8) is 0 Å². The fourth-order valence-electron chi connectivity index (χ4n) is 8.72. The highest BCUT2D eigenvalue weighted by Crippen LogP contribution is 2.55. The molecule has 0 bridgehead atoms. The summed E-state index contributed by atoms with van der Waals surface area (Å²) in [4.78, 5) is 63.6. The number of carbonyl (C=O) groups is 5. The normalized spacial score (nSPS) is 32.4. The summed E-state index contributed by atoms with van der Waals surface area (Å²) in [6.45, 7) is 7.68. The Labute approximate surface area is 276 Å². The number of hydrogen-bond donors (Lipinski definition) is 0. The number of fused-ring (bicyclic) bond motifs is 2. The van der Waals surface area contributed by atoms with E-state index in [0.29, 0.717) is 37.0 Å². The van der Waals surface area contributed by atoms with Gasteiger partial charge in [-0.1, -0.05) is 71.7 Å². The molecule has 44 heavy (non-hydrogen) atoms. The SMILES string of the molecule is CCC1(C(=O)OC)CC2(Cc3ccc(Br)cc3C2=O)CC(C)C1=O.CC[C@@H]1C[C@@]2(Cc3ccc(Br)cc3C2=O)C[C@H](C)C1=O. The van der Waals surface area contributed by atoms with Crippen molar-refractivity contribution in [1.29, 1.82) is 0 Å². The second-order valence-electron chi connectivity index (χ2n) is 13.6. The molecule has 2 aromatic rings. The van der Waals surface area contributed by atoms with Gasteiger partial charge in [0.2, 0.25) is 0 Å². The van der Waals surface area contributed by atoms with Crippen LogP contribution < -0.4 is 0 Å². The highest BCUT2D eigenvalue weighted by Gasteiger charge is 2.61. The van der Waals surface area contributed by atoms with Gasteiger partial charge in [0.05, 0.1) is 7.11 Å². The molecule has 0 amide bonds. The lowest BCUT2D eigenvalue weighted by Crippen LogP contribution is -2.53. The standard InChI is InChI=1S/C19H21BrO4.C17H19BrO2/c1-4-19(17(23)24-3)10-18(8-11(2)15(19)21)9-12-5-6-13(20)7-14(12)16(18)22;1-3-11-8-17(7-10(2)15(11)19)9-12-4-5-13(18)6-14(12)16(17)20/h5-7,11H,4,8-10H2,1-3H3;4-6,10-11H,3,7-9H2,1-2H3/t;10-,11+,17+/m.0/s1. The van der Waals surface area contributed by atoms with Crippen molar-refractivity contribution in [1.82, 2.24) is 0 Å². The van der Waals surface area contributed by atoms with Crippen molar-refractivity contribution >= 4 is 61.0 Å². The van der Waals surface area contributed by atoms with Crippen LogP contribution in [0.25, 0.3) is 0 Å². The summed E-state index contributed by atoms with van der Waals surface area (Å²) in [7, 11) is 1.31. The van der Waals surface area contributed by atoms with Crippen LogP contribution in [0, 0.1) is 34.0 Å². The molecule has 6 nitrogen and oxygen atoms in total. The van der Waals surface area contributed by atoms with Crippen LogP contribution in [0.4, 0.5) is 0 Å². The number of ketones is 4. The van der Waals surface area contributed by atoms with Gasteiger partial charge in [-0.2, -0.15) is 0 Å². The van der Waals surface area contributed by atoms with Crippen molar-refractivity contribution < 1.29 is 28.7 Å². The molecule has 0 heterocycles. The van der Waals surface area contributed by atoms with Gasteiger partial charge in [-0.15, -0.1) is 0 Å². The number of carbonyl (C=O) groups excluding carboxylic acids is 5. The van der Waals surface area contributed by atoms with Gasteiger partial charge in [0, 0.05) is 48.7 Å². The summed E-state index contributed by atoms with van der Waals surface area (Å²) < 4.78 is 6.77. The molecule has 4 aliphatic carbocycles. The first-order chi connectivity index (χ1) is 20.8. The van der Waals surface area contributed by atoms with Crippen LogP contribution in [-0.2, 0) is 32.0 Å². The van der Waals surface area contributed by atoms with Crippen molar-refractivity contribution in [2.45, 2.75) is 79.1 Å². The first-order valence-electron chi connectivity index (χ1n) is 15.6. The smallest absolute Gasteiger partial charge is 0.319 e. The minimum atomic E-state index is -1.21. The van der Waals surface area contributed by atoms with E-state index in [2.05, 4.69) is 38.8 Å². The Balaban J connectivity index is 0.000000177. The number of esters is 1. The first kappa shape index (κ1) is 32.9. The van der Waals surface area contributed by atoms with Gasteiger partial charge in [0.1, 0.15) is 11.2 Å². The van der Waals surface area contributed by atoms with Gasteiger partial charge < -0.3 is 4.74 Å². The van der Waals surface area contributed by atoms with Crippen LogP contribution in [0.5, 0.6) is 0 Å². The molecule has 234 valence electrons. The van der Waals surface area contributed by atoms with E-state index in [-0.39, 0.29) is 46.9 Å². The van der Waals surface area contributed by atoms with Gasteiger partial charge in [-0.3, -0.25) is 24.0 Å². The Morgan fingerprint density at radius 1 is 0.818 bits per heavy atom. The van der Waals surface area contributed by atoms with Crippen molar-refractivity contribution in [3.05, 3.63) is 67.6 Å². The molecule has 8 heteroatoms. The molecule has 2 aromatic carbocycles. The molecule has 0 radical (unpaired) electrons. The molecule has 2 spiro atoms. The Morgan fingerprint density at radius 2 is 1.34 bits per heavy atom. The molecular weight excluding hydrogens is 688 g/mol. The average Bonchev–Trinajstić information content (AvgIpc) is 3.41. The molecule has 0 N–H and O–H groups in total. The molecule has 0 saturated heterocycles. The number of rotatable bonds is 3. The quantitative estimate of drug-likeness (QED) is 0.235. The van der Waals surface area contributed by atoms with Gasteiger partial charge >= 0.3 is 5.97 Å². The van der Waals surface area contributed by atoms with E-state index >= 15 is 0 Å². The third-order valence-corrected chi connectivity index (χ3v) is 11.8. The Kier molecular flexibility index (Phi) is 9.02. The molecule has 4 aliphatic rings. The van der Waals surface area contributed by atoms with Crippen molar-refractivity contribution in [3.8, 4) is 0 Å². The van der Waals surface area contributed by atoms with E-state index < -0.39 is 16.8 Å². The monoisotopic (exact) mass is 726 g/mol. The number of benzene rings is 2. The van der Waals surface area contributed by atoms with Gasteiger partial charge in [-0.25, -0.2) is 0 Å². The molecule has 3 unspecified atom stereocenters. The predicted molar refractivity (Wildman–Crippen MR) is 175 cm³/mol. The lowest BCUT2D eigenvalue weighted by molar-refractivity contribution is -0.165. The molecule has 0 aromatic heterocycles. The van der Waals surface area contributed by atoms with E-state index in [4.69, 9.17) is 4.74 Å². The minimum Gasteiger partial charge on any atom is -0.468 e. The summed E-state index contributed by atoms with van der Waals surface area (Å²) in [5.74, 6) is -0.205. The Hall–Kier alpha value is -2.45. The topological polar surface area (TPSA) is 94.6 Å². The zero-order valence-electron chi connectivity index (χ0n) is 26.1. The fraction of sp³-hybridized carbons (Fsp3) is 0.528. The Bertz CT molecular complexity index is 1560. The molecule has 0 aliphatic heterocycles. The van der Waals surface area contributed by atoms with Crippen LogP contribution in [0.3, 0.4) is 0 Å². The molecule has 6 rings (SSSR count). The third kappa shape index (κ3) is 5.28. The number of methoxy groups -OCH3 is 1. The van der Waals surface area contributed by atoms with Gasteiger partial charge in [0.15, 0.2) is 17.3 Å². The lowest BCUT2D eigenvalue weighted by atomic mass is 9.56. The van der Waals surface area contributed by atoms with Gasteiger partial charge in [0.25, 0.3) is 0 Å². The molecule has 6 atom stereocenters. The van der Waals surface area contributed by atoms with Gasteiger partial charge in [-0.05, 0) is 86.8 Å². The summed E-state index contributed by atoms with van der Waals surface area (Å²) in [5.41, 5.74) is 1.50. The summed E-state index contributed by atoms with van der Waals surface area (Å²) in [6, 6.07) is 11.7. The number of halogens is 2. The minimum absolute atomic E-state index is 0.00963. The largest absolute Gasteiger partial charge is 0.468 e. The van der Waals surface area contributed by atoms with E-state index in [1.807, 2.05) is 57.2 Å². The number of Topliss-reactive ketones (excluding diaryl/α,β-unsaturated/α-hetero) is 4. The first-order valence-corrected chi connectivity index (χ1v) is 17.2. The van der Waals surface area contributed by atoms with E-state index in [1.54, 1.807) is 0 Å². The summed E-state index contributed by atoms with van der Waals surface area (Å²) >= 11 is 6.86. The van der Waals surface area contributed by atoms with Crippen LogP contribution in [-0.4, -0.2) is 36.2 Å². The molecule has 2 fully saturated rings. The molecule has 2 saturated carbocycles. The zero-order chi connectivity index (χ0) is 32.2. The maximum Gasteiger partial charge on any atom is 0.319 e.